The van der Waals surface area contributed by atoms with Gasteiger partial charge >= 0.3 is 5.97 Å². The Balaban J connectivity index is 1.44. The molecule has 174 valence electrons. The molecular weight excluding hydrogens is 478 g/mol. The number of halogens is 1. The summed E-state index contributed by atoms with van der Waals surface area (Å²) in [5, 5.41) is 4.18. The zero-order valence-electron chi connectivity index (χ0n) is 17.7. The van der Waals surface area contributed by atoms with E-state index < -0.39 is 28.4 Å². The van der Waals surface area contributed by atoms with Crippen molar-refractivity contribution in [1.29, 1.82) is 0 Å². The van der Waals surface area contributed by atoms with Crippen LogP contribution in [0.3, 0.4) is 0 Å². The molecule has 0 aliphatic heterocycles. The second kappa shape index (κ2) is 11.9. The summed E-state index contributed by atoms with van der Waals surface area (Å²) in [5.41, 5.74) is 3.74. The second-order valence-corrected chi connectivity index (χ2v) is 9.01. The van der Waals surface area contributed by atoms with Crippen molar-refractivity contribution in [2.75, 3.05) is 6.54 Å². The molecule has 10 heteroatoms. The van der Waals surface area contributed by atoms with Crippen molar-refractivity contribution < 1.29 is 22.7 Å². The summed E-state index contributed by atoms with van der Waals surface area (Å²) in [5.74, 6) is -0.816. The first kappa shape index (κ1) is 24.8. The van der Waals surface area contributed by atoms with Gasteiger partial charge in [0.25, 0.3) is 5.91 Å². The van der Waals surface area contributed by atoms with E-state index >= 15 is 0 Å². The fraction of sp³-hybridized carbons (Fsp3) is 0.0417. The fourth-order valence-electron chi connectivity index (χ4n) is 2.58. The molecular formula is C24H20ClN3O5S. The number of hydrogen-bond acceptors (Lipinski definition) is 6. The van der Waals surface area contributed by atoms with Crippen molar-refractivity contribution in [3.63, 3.8) is 0 Å². The van der Waals surface area contributed by atoms with E-state index in [0.29, 0.717) is 16.3 Å². The highest BCUT2D eigenvalue weighted by atomic mass is 35.5. The maximum absolute atomic E-state index is 12.2. The molecule has 0 saturated heterocycles. The van der Waals surface area contributed by atoms with Crippen LogP contribution in [-0.4, -0.2) is 33.1 Å². The molecule has 3 aromatic carbocycles. The summed E-state index contributed by atoms with van der Waals surface area (Å²) in [7, 11) is -3.85. The molecule has 2 N–H and O–H groups in total. The maximum atomic E-state index is 12.2. The van der Waals surface area contributed by atoms with E-state index in [0.717, 1.165) is 5.56 Å². The number of carbonyl (C=O) groups is 2. The van der Waals surface area contributed by atoms with Crippen molar-refractivity contribution >= 4 is 45.8 Å². The molecule has 3 aromatic rings. The molecule has 0 aromatic heterocycles. The topological polar surface area (TPSA) is 114 Å². The highest BCUT2D eigenvalue weighted by Crippen LogP contribution is 2.14. The molecule has 8 nitrogen and oxygen atoms in total. The van der Waals surface area contributed by atoms with Gasteiger partial charge in [-0.2, -0.15) is 5.10 Å². The number of hydrogen-bond donors (Lipinski definition) is 2. The number of carbonyl (C=O) groups excluding carboxylic acids is 2. The number of rotatable bonds is 9. The molecule has 0 unspecified atom stereocenters. The number of esters is 1. The fourth-order valence-corrected chi connectivity index (χ4v) is 3.68. The molecule has 0 aliphatic rings. The zero-order chi connectivity index (χ0) is 24.4. The van der Waals surface area contributed by atoms with Gasteiger partial charge in [0.15, 0.2) is 0 Å². The van der Waals surface area contributed by atoms with E-state index in [-0.39, 0.29) is 4.90 Å². The summed E-state index contributed by atoms with van der Waals surface area (Å²) in [6, 6.07) is 21.3. The number of amides is 1. The maximum Gasteiger partial charge on any atom is 0.336 e. The van der Waals surface area contributed by atoms with Crippen molar-refractivity contribution in [3.05, 3.63) is 101 Å². The van der Waals surface area contributed by atoms with Crippen LogP contribution in [0, 0.1) is 0 Å². The standard InChI is InChI=1S/C24H20ClN3O5S/c25-20-9-13-22(14-10-20)34(31,32)27-17-23(29)28-26-16-19-6-11-21(12-7-19)33-24(30)15-8-18-4-2-1-3-5-18/h1-16,27H,17H2,(H,28,29). The van der Waals surface area contributed by atoms with E-state index in [1.165, 1.54) is 36.6 Å². The predicted molar refractivity (Wildman–Crippen MR) is 130 cm³/mol. The number of sulfonamides is 1. The van der Waals surface area contributed by atoms with Gasteiger partial charge in [0, 0.05) is 11.1 Å². The number of benzene rings is 3. The second-order valence-electron chi connectivity index (χ2n) is 6.81. The van der Waals surface area contributed by atoms with Crippen LogP contribution < -0.4 is 14.9 Å². The molecule has 1 amide bonds. The van der Waals surface area contributed by atoms with Crippen LogP contribution in [0.1, 0.15) is 11.1 Å². The zero-order valence-corrected chi connectivity index (χ0v) is 19.3. The number of nitrogens with zero attached hydrogens (tertiary/aromatic N) is 1. The Morgan fingerprint density at radius 3 is 2.26 bits per heavy atom. The highest BCUT2D eigenvalue weighted by molar-refractivity contribution is 7.89. The minimum atomic E-state index is -3.85. The van der Waals surface area contributed by atoms with E-state index in [1.54, 1.807) is 30.3 Å². The van der Waals surface area contributed by atoms with Gasteiger partial charge in [0.2, 0.25) is 10.0 Å². The summed E-state index contributed by atoms with van der Waals surface area (Å²) >= 11 is 5.74. The monoisotopic (exact) mass is 497 g/mol. The molecule has 0 fully saturated rings. The van der Waals surface area contributed by atoms with Crippen LogP contribution in [0.15, 0.2) is 94.9 Å². The van der Waals surface area contributed by atoms with Crippen LogP contribution >= 0.6 is 11.6 Å². The summed E-state index contributed by atoms with van der Waals surface area (Å²) in [6.45, 7) is -0.492. The minimum Gasteiger partial charge on any atom is -0.423 e. The summed E-state index contributed by atoms with van der Waals surface area (Å²) in [4.78, 5) is 23.8. The Labute approximate surface area is 202 Å². The van der Waals surface area contributed by atoms with Crippen LogP contribution in [0.25, 0.3) is 6.08 Å². The van der Waals surface area contributed by atoms with Crippen molar-refractivity contribution in [2.24, 2.45) is 5.10 Å². The number of ether oxygens (including phenoxy) is 1. The lowest BCUT2D eigenvalue weighted by atomic mass is 10.2. The van der Waals surface area contributed by atoms with Gasteiger partial charge in [-0.25, -0.2) is 23.4 Å². The average molecular weight is 498 g/mol. The molecule has 0 heterocycles. The lowest BCUT2D eigenvalue weighted by molar-refractivity contribution is -0.129. The Morgan fingerprint density at radius 2 is 1.59 bits per heavy atom. The summed E-state index contributed by atoms with van der Waals surface area (Å²) < 4.78 is 31.7. The Morgan fingerprint density at radius 1 is 0.912 bits per heavy atom. The average Bonchev–Trinajstić information content (AvgIpc) is 2.84. The molecule has 0 radical (unpaired) electrons. The number of hydrazone groups is 1. The third-order valence-electron chi connectivity index (χ3n) is 4.26. The van der Waals surface area contributed by atoms with Crippen molar-refractivity contribution in [1.82, 2.24) is 10.1 Å². The van der Waals surface area contributed by atoms with Crippen LogP contribution in [0.5, 0.6) is 5.75 Å². The van der Waals surface area contributed by atoms with E-state index in [1.807, 2.05) is 30.3 Å². The minimum absolute atomic E-state index is 0.00968. The van der Waals surface area contributed by atoms with Gasteiger partial charge in [0.05, 0.1) is 17.7 Å². The van der Waals surface area contributed by atoms with Gasteiger partial charge in [-0.05, 0) is 65.7 Å². The first-order chi connectivity index (χ1) is 16.3. The summed E-state index contributed by atoms with van der Waals surface area (Å²) in [6.07, 6.45) is 4.36. The number of nitrogens with one attached hydrogen (secondary N) is 2. The molecule has 0 aliphatic carbocycles. The third-order valence-corrected chi connectivity index (χ3v) is 5.93. The van der Waals surface area contributed by atoms with Gasteiger partial charge in [-0.3, -0.25) is 4.79 Å². The normalized spacial score (nSPS) is 11.6. The van der Waals surface area contributed by atoms with Gasteiger partial charge in [0.1, 0.15) is 5.75 Å². The van der Waals surface area contributed by atoms with Gasteiger partial charge in [-0.1, -0.05) is 41.9 Å². The molecule has 0 spiro atoms. The Bertz CT molecular complexity index is 1290. The molecule has 34 heavy (non-hydrogen) atoms. The predicted octanol–water partition coefficient (Wildman–Crippen LogP) is 3.39. The third kappa shape index (κ3) is 7.96. The van der Waals surface area contributed by atoms with Crippen molar-refractivity contribution in [3.8, 4) is 5.75 Å². The van der Waals surface area contributed by atoms with E-state index in [9.17, 15) is 18.0 Å². The molecule has 0 bridgehead atoms. The van der Waals surface area contributed by atoms with Crippen LogP contribution in [-0.2, 0) is 19.6 Å². The largest absolute Gasteiger partial charge is 0.423 e. The quantitative estimate of drug-likeness (QED) is 0.155. The lowest BCUT2D eigenvalue weighted by Crippen LogP contribution is -2.34. The van der Waals surface area contributed by atoms with E-state index in [2.05, 4.69) is 15.2 Å². The Hall–Kier alpha value is -3.79. The molecule has 3 rings (SSSR count). The highest BCUT2D eigenvalue weighted by Gasteiger charge is 2.15. The lowest BCUT2D eigenvalue weighted by Gasteiger charge is -2.06. The van der Waals surface area contributed by atoms with E-state index in [4.69, 9.17) is 16.3 Å². The Kier molecular flexibility index (Phi) is 8.69. The van der Waals surface area contributed by atoms with Crippen LogP contribution in [0.4, 0.5) is 0 Å². The first-order valence-corrected chi connectivity index (χ1v) is 11.8. The smallest absolute Gasteiger partial charge is 0.336 e. The SMILES string of the molecule is O=C(CNS(=O)(=O)c1ccc(Cl)cc1)NN=Cc1ccc(OC(=O)C=Cc2ccccc2)cc1. The van der Waals surface area contributed by atoms with Crippen molar-refractivity contribution in [2.45, 2.75) is 4.90 Å². The van der Waals surface area contributed by atoms with Crippen LogP contribution in [0.2, 0.25) is 5.02 Å². The molecule has 0 atom stereocenters. The molecule has 0 saturated carbocycles. The first-order valence-electron chi connectivity index (χ1n) is 9.94. The van der Waals surface area contributed by atoms with Gasteiger partial charge < -0.3 is 4.74 Å². The van der Waals surface area contributed by atoms with Gasteiger partial charge in [-0.15, -0.1) is 0 Å².